The van der Waals surface area contributed by atoms with Crippen LogP contribution in [0.25, 0.3) is 11.0 Å². The highest BCUT2D eigenvalue weighted by Gasteiger charge is 2.23. The number of aromatic amines is 2. The average Bonchev–Trinajstić information content (AvgIpc) is 3.02. The highest BCUT2D eigenvalue weighted by Crippen LogP contribution is 2.24. The maximum absolute atomic E-state index is 12.3. The molecule has 0 aliphatic carbocycles. The van der Waals surface area contributed by atoms with E-state index in [4.69, 9.17) is 4.74 Å². The van der Waals surface area contributed by atoms with Gasteiger partial charge in [-0.3, -0.25) is 9.59 Å². The Kier molecular flexibility index (Phi) is 5.89. The van der Waals surface area contributed by atoms with Crippen LogP contribution in [0, 0.1) is 6.92 Å². The molecule has 8 heteroatoms. The van der Waals surface area contributed by atoms with Crippen LogP contribution >= 0.6 is 11.8 Å². The zero-order valence-corrected chi connectivity index (χ0v) is 16.6. The number of carbonyl (C=O) groups is 2. The quantitative estimate of drug-likeness (QED) is 0.436. The second-order valence-electron chi connectivity index (χ2n) is 6.48. The molecule has 1 heterocycles. The van der Waals surface area contributed by atoms with Crippen molar-refractivity contribution in [1.29, 1.82) is 0 Å². The number of hydrogen-bond donors (Lipinski definition) is 3. The molecule has 1 aromatic heterocycles. The molecule has 0 aliphatic heterocycles. The van der Waals surface area contributed by atoms with Crippen molar-refractivity contribution in [2.45, 2.75) is 37.0 Å². The van der Waals surface area contributed by atoms with Crippen LogP contribution in [-0.2, 0) is 14.3 Å². The van der Waals surface area contributed by atoms with Gasteiger partial charge in [-0.2, -0.15) is 0 Å². The Morgan fingerprint density at radius 3 is 2.43 bits per heavy atom. The van der Waals surface area contributed by atoms with Gasteiger partial charge in [-0.05, 0) is 51.1 Å². The highest BCUT2D eigenvalue weighted by atomic mass is 32.2. The topological polar surface area (TPSA) is 104 Å². The fourth-order valence-electron chi connectivity index (χ4n) is 2.55. The van der Waals surface area contributed by atoms with E-state index < -0.39 is 23.2 Å². The number of H-pyrrole nitrogens is 2. The number of benzene rings is 2. The number of nitrogens with one attached hydrogen (secondary N) is 3. The standard InChI is InChI=1S/C20H21N3O4S/c1-11-4-7-15(8-5-11)28-13(3)19(25)27-12(2)18(24)21-14-6-9-16-17(10-14)23-20(26)22-16/h4-10,12-13H,1-3H3,(H,21,24)(H2,22,23,26)/t12-,13-/m0/s1. The predicted molar refractivity (Wildman–Crippen MR) is 110 cm³/mol. The average molecular weight is 399 g/mol. The molecule has 7 nitrogen and oxygen atoms in total. The van der Waals surface area contributed by atoms with Gasteiger partial charge in [0.05, 0.1) is 11.0 Å². The molecule has 3 aromatic rings. The Morgan fingerprint density at radius 2 is 1.71 bits per heavy atom. The van der Waals surface area contributed by atoms with Gasteiger partial charge >= 0.3 is 11.7 Å². The van der Waals surface area contributed by atoms with Crippen LogP contribution in [0.4, 0.5) is 5.69 Å². The molecule has 28 heavy (non-hydrogen) atoms. The smallest absolute Gasteiger partial charge is 0.323 e. The minimum Gasteiger partial charge on any atom is -0.452 e. The number of ether oxygens (including phenoxy) is 1. The molecule has 0 saturated heterocycles. The predicted octanol–water partition coefficient (Wildman–Crippen LogP) is 3.22. The van der Waals surface area contributed by atoms with E-state index in [1.54, 1.807) is 25.1 Å². The first kappa shape index (κ1) is 19.8. The summed E-state index contributed by atoms with van der Waals surface area (Å²) in [6, 6.07) is 12.8. The number of aromatic nitrogens is 2. The first-order valence-corrected chi connectivity index (χ1v) is 9.66. The fourth-order valence-corrected chi connectivity index (χ4v) is 3.40. The summed E-state index contributed by atoms with van der Waals surface area (Å²) in [6.45, 7) is 5.26. The van der Waals surface area contributed by atoms with Crippen LogP contribution in [0.1, 0.15) is 19.4 Å². The third-order valence-corrected chi connectivity index (χ3v) is 5.20. The van der Waals surface area contributed by atoms with Gasteiger partial charge in [-0.25, -0.2) is 4.79 Å². The van der Waals surface area contributed by atoms with Crippen molar-refractivity contribution in [2.24, 2.45) is 0 Å². The Balaban J connectivity index is 1.56. The van der Waals surface area contributed by atoms with Crippen LogP contribution in [0.5, 0.6) is 0 Å². The molecule has 1 amide bonds. The second-order valence-corrected chi connectivity index (χ2v) is 7.90. The minimum absolute atomic E-state index is 0.319. The molecular weight excluding hydrogens is 378 g/mol. The fraction of sp³-hybridized carbons (Fsp3) is 0.250. The Labute approximate surface area is 165 Å². The lowest BCUT2D eigenvalue weighted by molar-refractivity contribution is -0.152. The van der Waals surface area contributed by atoms with Crippen molar-refractivity contribution in [3.8, 4) is 0 Å². The van der Waals surface area contributed by atoms with E-state index in [1.807, 2.05) is 31.2 Å². The van der Waals surface area contributed by atoms with E-state index in [-0.39, 0.29) is 5.69 Å². The number of hydrogen-bond acceptors (Lipinski definition) is 5. The number of carbonyl (C=O) groups excluding carboxylic acids is 2. The number of aryl methyl sites for hydroxylation is 1. The lowest BCUT2D eigenvalue weighted by Crippen LogP contribution is -2.32. The van der Waals surface area contributed by atoms with Gasteiger partial charge in [0.2, 0.25) is 0 Å². The van der Waals surface area contributed by atoms with Crippen LogP contribution in [-0.4, -0.2) is 33.2 Å². The van der Waals surface area contributed by atoms with Crippen LogP contribution in [0.3, 0.4) is 0 Å². The van der Waals surface area contributed by atoms with Gasteiger partial charge in [0.25, 0.3) is 5.91 Å². The lowest BCUT2D eigenvalue weighted by atomic mass is 10.2. The molecular formula is C20H21N3O4S. The van der Waals surface area contributed by atoms with E-state index in [0.29, 0.717) is 16.7 Å². The molecule has 0 radical (unpaired) electrons. The molecule has 2 atom stereocenters. The van der Waals surface area contributed by atoms with Gasteiger partial charge in [0.15, 0.2) is 6.10 Å². The van der Waals surface area contributed by atoms with Crippen molar-refractivity contribution >= 4 is 40.4 Å². The van der Waals surface area contributed by atoms with Crippen LogP contribution in [0.2, 0.25) is 0 Å². The number of fused-ring (bicyclic) bond motifs is 1. The second kappa shape index (κ2) is 8.35. The summed E-state index contributed by atoms with van der Waals surface area (Å²) < 4.78 is 5.30. The molecule has 2 aromatic carbocycles. The summed E-state index contributed by atoms with van der Waals surface area (Å²) in [5, 5.41) is 2.24. The number of rotatable bonds is 6. The highest BCUT2D eigenvalue weighted by molar-refractivity contribution is 8.00. The number of thioether (sulfide) groups is 1. The summed E-state index contributed by atoms with van der Waals surface area (Å²) in [7, 11) is 0. The minimum atomic E-state index is -0.950. The van der Waals surface area contributed by atoms with Gasteiger partial charge in [-0.1, -0.05) is 17.7 Å². The molecule has 0 aliphatic rings. The van der Waals surface area contributed by atoms with Gasteiger partial charge in [0.1, 0.15) is 5.25 Å². The van der Waals surface area contributed by atoms with E-state index >= 15 is 0 Å². The number of anilines is 1. The van der Waals surface area contributed by atoms with Crippen molar-refractivity contribution in [3.05, 3.63) is 58.5 Å². The van der Waals surface area contributed by atoms with E-state index in [0.717, 1.165) is 10.5 Å². The summed E-state index contributed by atoms with van der Waals surface area (Å²) in [6.07, 6.45) is -0.950. The van der Waals surface area contributed by atoms with Crippen molar-refractivity contribution in [3.63, 3.8) is 0 Å². The summed E-state index contributed by atoms with van der Waals surface area (Å²) in [5.41, 5.74) is 2.55. The third-order valence-electron chi connectivity index (χ3n) is 4.11. The van der Waals surface area contributed by atoms with Gasteiger partial charge < -0.3 is 20.0 Å². The first-order chi connectivity index (χ1) is 13.3. The van der Waals surface area contributed by atoms with Gasteiger partial charge in [0, 0.05) is 10.6 Å². The molecule has 0 spiro atoms. The lowest BCUT2D eigenvalue weighted by Gasteiger charge is -2.16. The third kappa shape index (κ3) is 4.83. The van der Waals surface area contributed by atoms with Crippen molar-refractivity contribution < 1.29 is 14.3 Å². The van der Waals surface area contributed by atoms with E-state index in [9.17, 15) is 14.4 Å². The zero-order chi connectivity index (χ0) is 20.3. The normalized spacial score (nSPS) is 13.1. The van der Waals surface area contributed by atoms with Gasteiger partial charge in [-0.15, -0.1) is 11.8 Å². The summed E-state index contributed by atoms with van der Waals surface area (Å²) in [5.74, 6) is -0.906. The molecule has 3 N–H and O–H groups in total. The largest absolute Gasteiger partial charge is 0.452 e. The van der Waals surface area contributed by atoms with E-state index in [1.165, 1.54) is 18.7 Å². The monoisotopic (exact) mass is 399 g/mol. The maximum atomic E-state index is 12.3. The zero-order valence-electron chi connectivity index (χ0n) is 15.7. The maximum Gasteiger partial charge on any atom is 0.323 e. The first-order valence-electron chi connectivity index (χ1n) is 8.78. The molecule has 0 unspecified atom stereocenters. The number of esters is 1. The van der Waals surface area contributed by atoms with Crippen molar-refractivity contribution in [2.75, 3.05) is 5.32 Å². The Hall–Kier alpha value is -3.00. The Morgan fingerprint density at radius 1 is 1.04 bits per heavy atom. The number of amides is 1. The molecule has 3 rings (SSSR count). The Bertz CT molecular complexity index is 1060. The van der Waals surface area contributed by atoms with E-state index in [2.05, 4.69) is 15.3 Å². The summed E-state index contributed by atoms with van der Waals surface area (Å²) in [4.78, 5) is 42.1. The molecule has 0 saturated carbocycles. The van der Waals surface area contributed by atoms with Crippen molar-refractivity contribution in [1.82, 2.24) is 9.97 Å². The SMILES string of the molecule is Cc1ccc(S[C@@H](C)C(=O)O[C@@H](C)C(=O)Nc2ccc3[nH]c(=O)[nH]c3c2)cc1. The molecule has 0 bridgehead atoms. The number of imidazole rings is 1. The molecule has 0 fully saturated rings. The van der Waals surface area contributed by atoms with Crippen LogP contribution in [0.15, 0.2) is 52.2 Å². The summed E-state index contributed by atoms with van der Waals surface area (Å²) >= 11 is 1.38. The van der Waals surface area contributed by atoms with Crippen LogP contribution < -0.4 is 11.0 Å². The molecule has 146 valence electrons.